The summed E-state index contributed by atoms with van der Waals surface area (Å²) in [6, 6.07) is 0. The Kier molecular flexibility index (Phi) is 15.4. The van der Waals surface area contributed by atoms with Crippen LogP contribution in [-0.2, 0) is 57.2 Å². The smallest absolute Gasteiger partial charge is 0.347 e. The van der Waals surface area contributed by atoms with Crippen LogP contribution in [0, 0.1) is 6.42 Å². The molecule has 5 atom stereocenters. The van der Waals surface area contributed by atoms with Gasteiger partial charge >= 0.3 is 29.8 Å². The van der Waals surface area contributed by atoms with Crippen molar-refractivity contribution in [3.05, 3.63) is 6.42 Å². The van der Waals surface area contributed by atoms with Crippen molar-refractivity contribution in [2.24, 2.45) is 0 Å². The zero-order chi connectivity index (χ0) is 36.2. The van der Waals surface area contributed by atoms with Crippen LogP contribution in [0.4, 0.5) is 5.82 Å². The lowest BCUT2D eigenvalue weighted by molar-refractivity contribution is -0.184. The van der Waals surface area contributed by atoms with Crippen molar-refractivity contribution in [1.29, 1.82) is 0 Å². The Morgan fingerprint density at radius 3 is 1.88 bits per heavy atom. The molecule has 0 unspecified atom stereocenters. The van der Waals surface area contributed by atoms with E-state index in [0.29, 0.717) is 32.1 Å². The summed E-state index contributed by atoms with van der Waals surface area (Å²) in [6.07, 6.45) is -5.24. The van der Waals surface area contributed by atoms with Gasteiger partial charge in [0, 0.05) is 25.6 Å². The summed E-state index contributed by atoms with van der Waals surface area (Å²) in [4.78, 5) is 77.6. The summed E-state index contributed by atoms with van der Waals surface area (Å²) >= 11 is 0.971. The maximum Gasteiger partial charge on any atom is 0.347 e. The van der Waals surface area contributed by atoms with Gasteiger partial charge in [-0.25, -0.2) is 14.4 Å². The SMILES string of the molecule is C[CH]C(=O)O[C@H](COc1nsnc1N1CCOCC1)CN(C(=O)[C@H](C)OC(=O)[C@H](C)OC(=O)[C@H](C)OC(=O)[C@H](C)OC(C)=O)C(C)(C)C. The first-order valence-corrected chi connectivity index (χ1v) is 16.1. The van der Waals surface area contributed by atoms with Crippen LogP contribution in [-0.4, -0.2) is 125 Å². The number of carbonyl (C=O) groups is 6. The average Bonchev–Trinajstić information content (AvgIpc) is 3.49. The molecule has 1 aromatic heterocycles. The van der Waals surface area contributed by atoms with Crippen LogP contribution in [0.25, 0.3) is 0 Å². The van der Waals surface area contributed by atoms with Gasteiger partial charge in [0.2, 0.25) is 5.82 Å². The molecule has 1 saturated heterocycles. The predicted octanol–water partition coefficient (Wildman–Crippen LogP) is 1.26. The normalized spacial score (nSPS) is 16.3. The monoisotopic (exact) mass is 701 g/mol. The lowest BCUT2D eigenvalue weighted by Crippen LogP contribution is -2.54. The highest BCUT2D eigenvalue weighted by Crippen LogP contribution is 2.27. The number of nitrogens with zero attached hydrogens (tertiary/aromatic N) is 4. The maximum absolute atomic E-state index is 13.6. The molecule has 18 heteroatoms. The summed E-state index contributed by atoms with van der Waals surface area (Å²) in [5.41, 5.74) is -0.833. The van der Waals surface area contributed by atoms with Gasteiger partial charge in [-0.2, -0.15) is 4.37 Å². The quantitative estimate of drug-likeness (QED) is 0.176. The van der Waals surface area contributed by atoms with Crippen LogP contribution >= 0.6 is 11.7 Å². The molecule has 1 aliphatic heterocycles. The number of esters is 5. The molecule has 269 valence electrons. The molecule has 1 aromatic rings. The molecule has 0 spiro atoms. The Morgan fingerprint density at radius 1 is 0.854 bits per heavy atom. The van der Waals surface area contributed by atoms with Crippen molar-refractivity contribution >= 4 is 53.3 Å². The number of morpholine rings is 1. The second-order valence-electron chi connectivity index (χ2n) is 11.8. The van der Waals surface area contributed by atoms with E-state index in [0.717, 1.165) is 18.7 Å². The van der Waals surface area contributed by atoms with Gasteiger partial charge in [-0.15, -0.1) is 4.37 Å². The zero-order valence-electron chi connectivity index (χ0n) is 28.7. The van der Waals surface area contributed by atoms with Gasteiger partial charge in [0.1, 0.15) is 6.61 Å². The van der Waals surface area contributed by atoms with Crippen LogP contribution in [0.15, 0.2) is 0 Å². The minimum atomic E-state index is -1.47. The minimum Gasteiger partial charge on any atom is -0.470 e. The van der Waals surface area contributed by atoms with Crippen molar-refractivity contribution in [1.82, 2.24) is 13.6 Å². The van der Waals surface area contributed by atoms with Crippen LogP contribution in [0.5, 0.6) is 5.88 Å². The maximum atomic E-state index is 13.6. The number of amides is 1. The van der Waals surface area contributed by atoms with Gasteiger partial charge in [-0.1, -0.05) is 6.92 Å². The molecule has 1 radical (unpaired) electrons. The highest BCUT2D eigenvalue weighted by Gasteiger charge is 2.36. The predicted molar refractivity (Wildman–Crippen MR) is 168 cm³/mol. The molecule has 0 aliphatic carbocycles. The number of hydrogen-bond acceptors (Lipinski definition) is 17. The number of rotatable bonds is 16. The molecule has 1 amide bonds. The Morgan fingerprint density at radius 2 is 1.38 bits per heavy atom. The van der Waals surface area contributed by atoms with E-state index in [9.17, 15) is 28.8 Å². The van der Waals surface area contributed by atoms with Crippen molar-refractivity contribution in [2.75, 3.05) is 44.4 Å². The molecular weight excluding hydrogens is 656 g/mol. The van der Waals surface area contributed by atoms with Gasteiger partial charge in [-0.3, -0.25) is 14.4 Å². The second kappa shape index (κ2) is 18.5. The molecule has 48 heavy (non-hydrogen) atoms. The van der Waals surface area contributed by atoms with E-state index in [2.05, 4.69) is 8.75 Å². The summed E-state index contributed by atoms with van der Waals surface area (Å²) in [5.74, 6) is -4.27. The van der Waals surface area contributed by atoms with Crippen LogP contribution in [0.1, 0.15) is 62.3 Å². The molecule has 0 aromatic carbocycles. The van der Waals surface area contributed by atoms with Crippen molar-refractivity contribution in [2.45, 2.75) is 98.4 Å². The van der Waals surface area contributed by atoms with E-state index in [1.807, 2.05) is 4.90 Å². The Bertz CT molecular complexity index is 1280. The van der Waals surface area contributed by atoms with Crippen molar-refractivity contribution in [3.8, 4) is 5.88 Å². The molecule has 17 nitrogen and oxygen atoms in total. The van der Waals surface area contributed by atoms with E-state index < -0.39 is 71.8 Å². The fourth-order valence-electron chi connectivity index (χ4n) is 4.13. The molecule has 2 heterocycles. The number of ether oxygens (including phenoxy) is 7. The molecule has 1 aliphatic rings. The van der Waals surface area contributed by atoms with Gasteiger partial charge < -0.3 is 43.0 Å². The Balaban J connectivity index is 2.06. The third kappa shape index (κ3) is 12.5. The Labute approximate surface area is 283 Å². The minimum absolute atomic E-state index is 0.132. The molecule has 2 rings (SSSR count). The van der Waals surface area contributed by atoms with E-state index >= 15 is 0 Å². The van der Waals surface area contributed by atoms with Gasteiger partial charge in [-0.05, 0) is 48.5 Å². The summed E-state index contributed by atoms with van der Waals surface area (Å²) in [7, 11) is 0. The third-order valence-electron chi connectivity index (χ3n) is 6.70. The first-order valence-electron chi connectivity index (χ1n) is 15.3. The third-order valence-corrected chi connectivity index (χ3v) is 7.21. The molecule has 1 fully saturated rings. The van der Waals surface area contributed by atoms with Crippen LogP contribution in [0.2, 0.25) is 0 Å². The summed E-state index contributed by atoms with van der Waals surface area (Å²) < 4.78 is 45.5. The number of hydrogen-bond donors (Lipinski definition) is 0. The van der Waals surface area contributed by atoms with E-state index in [1.54, 1.807) is 20.8 Å². The topological polar surface area (TPSA) is 199 Å². The van der Waals surface area contributed by atoms with Gasteiger partial charge in [0.05, 0.1) is 37.9 Å². The fraction of sp³-hybridized carbons (Fsp3) is 0.700. The van der Waals surface area contributed by atoms with E-state index in [-0.39, 0.29) is 19.0 Å². The van der Waals surface area contributed by atoms with Crippen LogP contribution in [0.3, 0.4) is 0 Å². The summed E-state index contributed by atoms with van der Waals surface area (Å²) in [5, 5.41) is 0. The fourth-order valence-corrected chi connectivity index (χ4v) is 4.65. The first kappa shape index (κ1) is 40.1. The highest BCUT2D eigenvalue weighted by atomic mass is 32.1. The van der Waals surface area contributed by atoms with Crippen molar-refractivity contribution in [3.63, 3.8) is 0 Å². The van der Waals surface area contributed by atoms with Crippen molar-refractivity contribution < 1.29 is 61.9 Å². The average molecular weight is 702 g/mol. The van der Waals surface area contributed by atoms with Gasteiger partial charge in [0.25, 0.3) is 11.8 Å². The number of anilines is 1. The molecule has 0 N–H and O–H groups in total. The molecule has 0 bridgehead atoms. The number of aromatic nitrogens is 2. The molecular formula is C30H45N4O13S. The summed E-state index contributed by atoms with van der Waals surface area (Å²) in [6.45, 7) is 14.9. The standard InChI is InChI=1S/C30H45N4O13S/c1-10-23(36)47-22(16-42-25-24(31-48-32-25)33-11-13-41-14-12-33)15-34(30(7,8)9)26(37)17(2)44-28(39)19(4)46-29(40)20(5)45-27(38)18(3)43-21(6)35/h10,17-20,22H,11-16H2,1-9H3/t17-,18-,19-,20-,22-/m0/s1. The zero-order valence-corrected chi connectivity index (χ0v) is 29.5. The largest absolute Gasteiger partial charge is 0.470 e. The Hall–Kier alpha value is -4.06. The highest BCUT2D eigenvalue weighted by molar-refractivity contribution is 6.99. The first-order chi connectivity index (χ1) is 22.4. The van der Waals surface area contributed by atoms with Gasteiger partial charge in [0.15, 0.2) is 30.5 Å². The van der Waals surface area contributed by atoms with E-state index in [4.69, 9.17) is 33.2 Å². The second-order valence-corrected chi connectivity index (χ2v) is 12.3. The number of carbonyl (C=O) groups excluding carboxylic acids is 6. The lowest BCUT2D eigenvalue weighted by Gasteiger charge is -2.39. The van der Waals surface area contributed by atoms with E-state index in [1.165, 1.54) is 45.9 Å². The molecule has 0 saturated carbocycles. The van der Waals surface area contributed by atoms with Crippen LogP contribution < -0.4 is 9.64 Å². The lowest BCUT2D eigenvalue weighted by atomic mass is 10.0.